The van der Waals surface area contributed by atoms with Crippen molar-refractivity contribution in [3.63, 3.8) is 0 Å². The van der Waals surface area contributed by atoms with E-state index >= 15 is 0 Å². The number of thiophene rings is 1. The van der Waals surface area contributed by atoms with E-state index in [9.17, 15) is 5.11 Å². The summed E-state index contributed by atoms with van der Waals surface area (Å²) in [7, 11) is 0. The monoisotopic (exact) mass is 190 g/mol. The predicted molar refractivity (Wildman–Crippen MR) is 53.5 cm³/mol. The number of aliphatic hydroxyl groups is 1. The zero-order chi connectivity index (χ0) is 7.78. The first kappa shape index (κ1) is 11.0. The maximum absolute atomic E-state index is 9.48. The number of hydrogen-bond acceptors (Lipinski definition) is 3. The molecule has 1 rings (SSSR count). The van der Waals surface area contributed by atoms with E-state index < -0.39 is 5.60 Å². The molecule has 1 heterocycles. The smallest absolute Gasteiger partial charge is 0.0848 e. The fourth-order valence-electron chi connectivity index (χ4n) is 0.646. The molecule has 1 nitrogen and oxygen atoms in total. The summed E-state index contributed by atoms with van der Waals surface area (Å²) in [5.41, 5.74) is 0.208. The maximum Gasteiger partial charge on any atom is 0.0848 e. The van der Waals surface area contributed by atoms with Gasteiger partial charge in [0.1, 0.15) is 0 Å². The standard InChI is InChI=1S/C7H10OS2.CH4/c1-7(2,8)5-3-6(9)10-4-5;/h3-4,8-9H,1-2H3;1H4. The second-order valence-corrected chi connectivity index (χ2v) is 4.43. The van der Waals surface area contributed by atoms with Crippen molar-refractivity contribution in [1.29, 1.82) is 0 Å². The summed E-state index contributed by atoms with van der Waals surface area (Å²) in [6, 6.07) is 1.88. The predicted octanol–water partition coefficient (Wildman–Crippen LogP) is 2.90. The Morgan fingerprint density at radius 3 is 2.27 bits per heavy atom. The normalized spacial score (nSPS) is 10.9. The highest BCUT2D eigenvalue weighted by Gasteiger charge is 2.16. The lowest BCUT2D eigenvalue weighted by molar-refractivity contribution is 0.0789. The Balaban J connectivity index is 0.000001000. The first-order chi connectivity index (χ1) is 4.50. The average Bonchev–Trinajstić information content (AvgIpc) is 2.11. The molecule has 0 atom stereocenters. The van der Waals surface area contributed by atoms with E-state index in [4.69, 9.17) is 0 Å². The van der Waals surface area contributed by atoms with Crippen molar-refractivity contribution in [3.8, 4) is 0 Å². The Morgan fingerprint density at radius 2 is 2.09 bits per heavy atom. The molecule has 0 amide bonds. The zero-order valence-electron chi connectivity index (χ0n) is 5.96. The van der Waals surface area contributed by atoms with Crippen LogP contribution in [-0.2, 0) is 5.60 Å². The van der Waals surface area contributed by atoms with Gasteiger partial charge in [-0.05, 0) is 30.9 Å². The van der Waals surface area contributed by atoms with Crippen molar-refractivity contribution < 1.29 is 5.11 Å². The maximum atomic E-state index is 9.48. The van der Waals surface area contributed by atoms with Gasteiger partial charge in [0.15, 0.2) is 0 Å². The van der Waals surface area contributed by atoms with Crippen molar-refractivity contribution >= 4 is 24.0 Å². The van der Waals surface area contributed by atoms with Gasteiger partial charge in [-0.3, -0.25) is 0 Å². The Kier molecular flexibility index (Phi) is 3.61. The second kappa shape index (κ2) is 3.61. The van der Waals surface area contributed by atoms with Crippen LogP contribution in [0.4, 0.5) is 0 Å². The van der Waals surface area contributed by atoms with Gasteiger partial charge >= 0.3 is 0 Å². The minimum absolute atomic E-state index is 0. The van der Waals surface area contributed by atoms with Gasteiger partial charge < -0.3 is 5.11 Å². The van der Waals surface area contributed by atoms with Gasteiger partial charge in [-0.1, -0.05) is 7.43 Å². The Labute approximate surface area is 77.5 Å². The van der Waals surface area contributed by atoms with E-state index in [0.29, 0.717) is 0 Å². The molecular formula is C8H14OS2. The van der Waals surface area contributed by atoms with Gasteiger partial charge in [-0.15, -0.1) is 24.0 Å². The average molecular weight is 190 g/mol. The summed E-state index contributed by atoms with van der Waals surface area (Å²) in [5, 5.41) is 11.4. The van der Waals surface area contributed by atoms with Gasteiger partial charge in [0.25, 0.3) is 0 Å². The van der Waals surface area contributed by atoms with Gasteiger partial charge in [-0.25, -0.2) is 0 Å². The Morgan fingerprint density at radius 1 is 1.55 bits per heavy atom. The van der Waals surface area contributed by atoms with Gasteiger partial charge in [-0.2, -0.15) is 0 Å². The highest BCUT2D eigenvalue weighted by Crippen LogP contribution is 2.26. The molecule has 0 aromatic carbocycles. The van der Waals surface area contributed by atoms with Crippen molar-refractivity contribution in [1.82, 2.24) is 0 Å². The summed E-state index contributed by atoms with van der Waals surface area (Å²) in [6.07, 6.45) is 0. The largest absolute Gasteiger partial charge is 0.386 e. The lowest BCUT2D eigenvalue weighted by Gasteiger charge is -2.14. The topological polar surface area (TPSA) is 20.2 Å². The van der Waals surface area contributed by atoms with Crippen molar-refractivity contribution in [2.24, 2.45) is 0 Å². The van der Waals surface area contributed by atoms with Crippen LogP contribution in [-0.4, -0.2) is 5.11 Å². The first-order valence-corrected chi connectivity index (χ1v) is 4.33. The Bertz CT molecular complexity index is 222. The first-order valence-electron chi connectivity index (χ1n) is 3.00. The molecule has 0 aliphatic heterocycles. The molecular weight excluding hydrogens is 176 g/mol. The second-order valence-electron chi connectivity index (χ2n) is 2.73. The molecule has 0 fully saturated rings. The van der Waals surface area contributed by atoms with Crippen LogP contribution >= 0.6 is 24.0 Å². The van der Waals surface area contributed by atoms with E-state index in [0.717, 1.165) is 9.77 Å². The quantitative estimate of drug-likeness (QED) is 0.652. The fraction of sp³-hybridized carbons (Fsp3) is 0.500. The molecule has 0 aliphatic carbocycles. The van der Waals surface area contributed by atoms with Crippen LogP contribution in [0.2, 0.25) is 0 Å². The summed E-state index contributed by atoms with van der Waals surface area (Å²) >= 11 is 5.68. The fourth-order valence-corrected chi connectivity index (χ4v) is 1.74. The van der Waals surface area contributed by atoms with Crippen LogP contribution < -0.4 is 0 Å². The summed E-state index contributed by atoms with van der Waals surface area (Å²) in [5.74, 6) is 0. The minimum Gasteiger partial charge on any atom is -0.386 e. The highest BCUT2D eigenvalue weighted by atomic mass is 32.2. The molecule has 0 aliphatic rings. The molecule has 11 heavy (non-hydrogen) atoms. The number of thiol groups is 1. The van der Waals surface area contributed by atoms with Crippen molar-refractivity contribution in [3.05, 3.63) is 17.0 Å². The SMILES string of the molecule is C.CC(C)(O)c1csc(S)c1. The van der Waals surface area contributed by atoms with E-state index in [-0.39, 0.29) is 7.43 Å². The van der Waals surface area contributed by atoms with Crippen LogP contribution in [0.5, 0.6) is 0 Å². The van der Waals surface area contributed by atoms with Crippen molar-refractivity contribution in [2.45, 2.75) is 31.1 Å². The van der Waals surface area contributed by atoms with Crippen LogP contribution in [0.15, 0.2) is 15.7 Å². The third kappa shape index (κ3) is 2.85. The molecule has 1 N–H and O–H groups in total. The Hall–Kier alpha value is 0.01000. The van der Waals surface area contributed by atoms with Crippen LogP contribution in [0.3, 0.4) is 0 Å². The molecule has 64 valence electrons. The molecule has 1 aromatic heterocycles. The molecule has 3 heteroatoms. The molecule has 0 saturated carbocycles. The zero-order valence-corrected chi connectivity index (χ0v) is 7.67. The molecule has 0 bridgehead atoms. The van der Waals surface area contributed by atoms with Gasteiger partial charge in [0.05, 0.1) is 9.81 Å². The van der Waals surface area contributed by atoms with Gasteiger partial charge in [0.2, 0.25) is 0 Å². The van der Waals surface area contributed by atoms with Crippen LogP contribution in [0.1, 0.15) is 26.8 Å². The summed E-state index contributed by atoms with van der Waals surface area (Å²) in [6.45, 7) is 3.53. The van der Waals surface area contributed by atoms with Crippen LogP contribution in [0.25, 0.3) is 0 Å². The molecule has 0 unspecified atom stereocenters. The van der Waals surface area contributed by atoms with Gasteiger partial charge in [0, 0.05) is 0 Å². The van der Waals surface area contributed by atoms with Crippen LogP contribution in [0, 0.1) is 0 Å². The van der Waals surface area contributed by atoms with E-state index in [1.54, 1.807) is 13.8 Å². The molecule has 1 aromatic rings. The van der Waals surface area contributed by atoms with Crippen molar-refractivity contribution in [2.75, 3.05) is 0 Å². The number of rotatable bonds is 1. The molecule has 0 radical (unpaired) electrons. The third-order valence-corrected chi connectivity index (χ3v) is 2.47. The van der Waals surface area contributed by atoms with E-state index in [2.05, 4.69) is 12.6 Å². The van der Waals surface area contributed by atoms with E-state index in [1.807, 2.05) is 11.4 Å². The van der Waals surface area contributed by atoms with E-state index in [1.165, 1.54) is 11.3 Å². The lowest BCUT2D eigenvalue weighted by Crippen LogP contribution is -2.13. The molecule has 0 saturated heterocycles. The summed E-state index contributed by atoms with van der Waals surface area (Å²) < 4.78 is 0.942. The number of hydrogen-bond donors (Lipinski definition) is 2. The minimum atomic E-state index is -0.725. The third-order valence-electron chi connectivity index (χ3n) is 1.29. The summed E-state index contributed by atoms with van der Waals surface area (Å²) in [4.78, 5) is 0. The highest BCUT2D eigenvalue weighted by molar-refractivity contribution is 7.82. The lowest BCUT2D eigenvalue weighted by atomic mass is 10.0. The molecule has 0 spiro atoms.